The van der Waals surface area contributed by atoms with E-state index in [2.05, 4.69) is 5.32 Å². The maximum Gasteiger partial charge on any atom is 0.330 e. The third-order valence-corrected chi connectivity index (χ3v) is 7.12. The van der Waals surface area contributed by atoms with Gasteiger partial charge in [-0.2, -0.15) is 0 Å². The molecule has 190 valence electrons. The van der Waals surface area contributed by atoms with Crippen LogP contribution in [0.25, 0.3) is 0 Å². The van der Waals surface area contributed by atoms with E-state index in [1.807, 2.05) is 0 Å². The lowest BCUT2D eigenvalue weighted by Crippen LogP contribution is -2.49. The van der Waals surface area contributed by atoms with E-state index in [0.29, 0.717) is 10.5 Å². The molecule has 0 radical (unpaired) electrons. The van der Waals surface area contributed by atoms with Crippen LogP contribution in [0.3, 0.4) is 0 Å². The first-order valence-corrected chi connectivity index (χ1v) is 11.7. The molecular formula is C22H17Cl4N3O7. The second-order valence-corrected chi connectivity index (χ2v) is 9.60. The van der Waals surface area contributed by atoms with Gasteiger partial charge in [-0.1, -0.05) is 66.3 Å². The number of nitro benzene ring substituents is 1. The Morgan fingerprint density at radius 3 is 2.03 bits per heavy atom. The van der Waals surface area contributed by atoms with Gasteiger partial charge in [0.25, 0.3) is 23.4 Å². The number of halogens is 4. The number of hydrogen-bond donors (Lipinski definition) is 1. The Kier molecular flexibility index (Phi) is 8.14. The summed E-state index contributed by atoms with van der Waals surface area (Å²) in [7, 11) is 0. The number of benzene rings is 2. The molecular weight excluding hydrogens is 560 g/mol. The van der Waals surface area contributed by atoms with E-state index in [4.69, 9.17) is 51.1 Å². The molecule has 0 aliphatic carbocycles. The first-order valence-electron chi connectivity index (χ1n) is 10.2. The number of fused-ring (bicyclic) bond motifs is 1. The van der Waals surface area contributed by atoms with Gasteiger partial charge in [0.2, 0.25) is 0 Å². The summed E-state index contributed by atoms with van der Waals surface area (Å²) in [6.45, 7) is 3.87. The smallest absolute Gasteiger partial charge is 0.330 e. The van der Waals surface area contributed by atoms with Crippen LogP contribution in [0.1, 0.15) is 40.1 Å². The minimum atomic E-state index is -1.43. The number of nitrogens with one attached hydrogen (secondary N) is 1. The van der Waals surface area contributed by atoms with Crippen LogP contribution in [-0.2, 0) is 14.3 Å². The quantitative estimate of drug-likeness (QED) is 0.118. The molecule has 0 fully saturated rings. The molecule has 10 nitrogen and oxygen atoms in total. The molecule has 0 aromatic heterocycles. The average molecular weight is 577 g/mol. The number of carbonyl (C=O) groups excluding carboxylic acids is 4. The molecule has 1 heterocycles. The van der Waals surface area contributed by atoms with Crippen molar-refractivity contribution in [2.75, 3.05) is 11.9 Å². The van der Waals surface area contributed by atoms with E-state index in [9.17, 15) is 29.3 Å². The third-order valence-electron chi connectivity index (χ3n) is 5.32. The Hall–Kier alpha value is -2.92. The van der Waals surface area contributed by atoms with Gasteiger partial charge in [-0.3, -0.25) is 29.4 Å². The first kappa shape index (κ1) is 27.7. The molecule has 2 aromatic rings. The van der Waals surface area contributed by atoms with Gasteiger partial charge in [-0.15, -0.1) is 0 Å². The second kappa shape index (κ2) is 10.6. The van der Waals surface area contributed by atoms with Crippen LogP contribution in [0.5, 0.6) is 0 Å². The van der Waals surface area contributed by atoms with E-state index in [1.165, 1.54) is 12.1 Å². The molecule has 1 aliphatic heterocycles. The van der Waals surface area contributed by atoms with Crippen LogP contribution in [0, 0.1) is 23.0 Å². The average Bonchev–Trinajstić information content (AvgIpc) is 3.06. The van der Waals surface area contributed by atoms with Crippen LogP contribution in [0.4, 0.5) is 11.4 Å². The highest BCUT2D eigenvalue weighted by molar-refractivity contribution is 6.55. The van der Waals surface area contributed by atoms with Crippen LogP contribution in [0.2, 0.25) is 20.1 Å². The molecule has 0 unspecified atom stereocenters. The number of rotatable bonds is 7. The Bertz CT molecular complexity index is 1280. The zero-order valence-corrected chi connectivity index (χ0v) is 21.9. The molecule has 0 saturated carbocycles. The van der Waals surface area contributed by atoms with Crippen molar-refractivity contribution in [1.29, 1.82) is 0 Å². The van der Waals surface area contributed by atoms with Gasteiger partial charge in [-0.05, 0) is 18.9 Å². The maximum absolute atomic E-state index is 13.1. The minimum Gasteiger partial charge on any atom is -0.454 e. The van der Waals surface area contributed by atoms with Crippen molar-refractivity contribution in [2.45, 2.75) is 26.8 Å². The molecule has 0 bridgehead atoms. The van der Waals surface area contributed by atoms with Crippen LogP contribution >= 0.6 is 46.4 Å². The van der Waals surface area contributed by atoms with Crippen molar-refractivity contribution >= 4 is 81.5 Å². The number of esters is 1. The Labute approximate surface area is 224 Å². The number of imide groups is 1. The summed E-state index contributed by atoms with van der Waals surface area (Å²) < 4.78 is 5.07. The lowest BCUT2D eigenvalue weighted by atomic mass is 10.0. The van der Waals surface area contributed by atoms with E-state index < -0.39 is 47.2 Å². The highest BCUT2D eigenvalue weighted by Gasteiger charge is 2.48. The SMILES string of the molecule is Cc1ccc(NC(=O)COC(=O)[C@@H](C(C)C)N2C(=O)c3c(Cl)c(Cl)c(Cl)c(Cl)c3C2=O)cc1[N+](=O)[O-]. The number of amides is 3. The maximum atomic E-state index is 13.1. The molecule has 3 rings (SSSR count). The second-order valence-electron chi connectivity index (χ2n) is 8.09. The van der Waals surface area contributed by atoms with Crippen molar-refractivity contribution in [1.82, 2.24) is 4.90 Å². The third kappa shape index (κ3) is 4.99. The zero-order valence-electron chi connectivity index (χ0n) is 18.9. The fourth-order valence-corrected chi connectivity index (χ4v) is 4.61. The highest BCUT2D eigenvalue weighted by Crippen LogP contribution is 2.45. The summed E-state index contributed by atoms with van der Waals surface area (Å²) in [5, 5.41) is 12.5. The van der Waals surface area contributed by atoms with Gasteiger partial charge in [-0.25, -0.2) is 4.79 Å². The largest absolute Gasteiger partial charge is 0.454 e. The summed E-state index contributed by atoms with van der Waals surface area (Å²) in [5.41, 5.74) is -0.274. The summed E-state index contributed by atoms with van der Waals surface area (Å²) >= 11 is 24.3. The topological polar surface area (TPSA) is 136 Å². The predicted octanol–water partition coefficient (Wildman–Crippen LogP) is 5.32. The number of nitrogens with zero attached hydrogens (tertiary/aromatic N) is 2. The van der Waals surface area contributed by atoms with E-state index >= 15 is 0 Å². The Morgan fingerprint density at radius 1 is 1.03 bits per heavy atom. The monoisotopic (exact) mass is 575 g/mol. The summed E-state index contributed by atoms with van der Waals surface area (Å²) in [5.74, 6) is -4.32. The van der Waals surface area contributed by atoms with Crippen LogP contribution in [0.15, 0.2) is 18.2 Å². The number of ether oxygens (including phenoxy) is 1. The van der Waals surface area contributed by atoms with Crippen molar-refractivity contribution < 1.29 is 28.8 Å². The first-order chi connectivity index (χ1) is 16.8. The molecule has 1 aliphatic rings. The minimum absolute atomic E-state index is 0.118. The van der Waals surface area contributed by atoms with Gasteiger partial charge in [0.15, 0.2) is 6.61 Å². The number of anilines is 1. The number of aryl methyl sites for hydroxylation is 1. The number of carbonyl (C=O) groups is 4. The zero-order chi connectivity index (χ0) is 27.1. The number of hydrogen-bond acceptors (Lipinski definition) is 7. The lowest BCUT2D eigenvalue weighted by molar-refractivity contribution is -0.385. The van der Waals surface area contributed by atoms with Crippen molar-refractivity contribution in [3.8, 4) is 0 Å². The predicted molar refractivity (Wildman–Crippen MR) is 133 cm³/mol. The Morgan fingerprint density at radius 2 is 1.56 bits per heavy atom. The molecule has 1 N–H and O–H groups in total. The molecule has 1 atom stereocenters. The van der Waals surface area contributed by atoms with Gasteiger partial charge < -0.3 is 10.1 Å². The molecule has 3 amide bonds. The highest BCUT2D eigenvalue weighted by atomic mass is 35.5. The van der Waals surface area contributed by atoms with Gasteiger partial charge in [0.05, 0.1) is 36.1 Å². The fraction of sp³-hybridized carbons (Fsp3) is 0.273. The molecule has 14 heteroatoms. The van der Waals surface area contributed by atoms with Crippen molar-refractivity contribution in [3.63, 3.8) is 0 Å². The van der Waals surface area contributed by atoms with Crippen LogP contribution < -0.4 is 5.32 Å². The van der Waals surface area contributed by atoms with E-state index in [-0.39, 0.29) is 42.6 Å². The number of nitro groups is 1. The van der Waals surface area contributed by atoms with E-state index in [1.54, 1.807) is 20.8 Å². The van der Waals surface area contributed by atoms with Crippen LogP contribution in [-0.4, -0.2) is 46.2 Å². The van der Waals surface area contributed by atoms with Crippen molar-refractivity contribution in [3.05, 3.63) is 65.1 Å². The lowest BCUT2D eigenvalue weighted by Gasteiger charge is -2.27. The molecule has 36 heavy (non-hydrogen) atoms. The molecule has 2 aromatic carbocycles. The summed E-state index contributed by atoms with van der Waals surface area (Å²) in [6.07, 6.45) is 0. The standard InChI is InChI=1S/C22H17Cl4N3O7/c1-8(2)19(28-20(31)13-14(21(28)32)16(24)18(26)17(25)15(13)23)22(33)36-7-12(30)27-10-5-4-9(3)11(6-10)29(34)35/h4-6,8,19H,7H2,1-3H3,(H,27,30)/t19-/m1/s1. The summed E-state index contributed by atoms with van der Waals surface area (Å²) in [4.78, 5) is 62.5. The summed E-state index contributed by atoms with van der Waals surface area (Å²) in [6, 6.07) is 2.62. The van der Waals surface area contributed by atoms with Gasteiger partial charge in [0, 0.05) is 17.3 Å². The van der Waals surface area contributed by atoms with Crippen molar-refractivity contribution in [2.24, 2.45) is 5.92 Å². The molecule has 0 spiro atoms. The van der Waals surface area contributed by atoms with Gasteiger partial charge in [0.1, 0.15) is 6.04 Å². The van der Waals surface area contributed by atoms with Gasteiger partial charge >= 0.3 is 5.97 Å². The fourth-order valence-electron chi connectivity index (χ4n) is 3.60. The Balaban J connectivity index is 1.79. The van der Waals surface area contributed by atoms with E-state index in [0.717, 1.165) is 6.07 Å². The normalized spacial score (nSPS) is 13.6. The molecule has 0 saturated heterocycles.